The molecule has 0 aromatic carbocycles. The number of rotatable bonds is 5. The first-order valence-electron chi connectivity index (χ1n) is 5.50. The summed E-state index contributed by atoms with van der Waals surface area (Å²) in [5.41, 5.74) is 7.48. The zero-order valence-electron chi connectivity index (χ0n) is 9.91. The van der Waals surface area contributed by atoms with Crippen LogP contribution in [0.4, 0.5) is 0 Å². The number of thiophene rings is 1. The summed E-state index contributed by atoms with van der Waals surface area (Å²) >= 11 is 3.38. The number of nitrogens with zero attached hydrogens (tertiary/aromatic N) is 3. The molecule has 2 atom stereocenters. The molecule has 2 heterocycles. The van der Waals surface area contributed by atoms with Crippen molar-refractivity contribution >= 4 is 23.1 Å². The number of nitrogens with two attached hydrogens (primary N) is 1. The van der Waals surface area contributed by atoms with Crippen LogP contribution >= 0.6 is 23.1 Å². The highest BCUT2D eigenvalue weighted by Gasteiger charge is 2.22. The zero-order valence-corrected chi connectivity index (χ0v) is 11.5. The van der Waals surface area contributed by atoms with E-state index in [1.165, 1.54) is 5.56 Å². The van der Waals surface area contributed by atoms with Gasteiger partial charge in [-0.3, -0.25) is 0 Å². The second-order valence-electron chi connectivity index (χ2n) is 3.89. The molecule has 4 nitrogen and oxygen atoms in total. The van der Waals surface area contributed by atoms with Crippen LogP contribution in [0, 0.1) is 0 Å². The van der Waals surface area contributed by atoms with Crippen LogP contribution in [0.5, 0.6) is 0 Å². The van der Waals surface area contributed by atoms with Crippen molar-refractivity contribution in [3.05, 3.63) is 28.7 Å². The quantitative estimate of drug-likeness (QED) is 0.846. The van der Waals surface area contributed by atoms with E-state index in [-0.39, 0.29) is 11.3 Å². The highest BCUT2D eigenvalue weighted by atomic mass is 32.2. The SMILES string of the molecule is CCC(N)C(Sc1nncn1C)c1ccsc1. The molecule has 2 unspecified atom stereocenters. The zero-order chi connectivity index (χ0) is 12.3. The van der Waals surface area contributed by atoms with Crippen molar-refractivity contribution in [2.45, 2.75) is 29.8 Å². The summed E-state index contributed by atoms with van der Waals surface area (Å²) in [6.45, 7) is 2.11. The number of thioether (sulfide) groups is 1. The molecular weight excluding hydrogens is 252 g/mol. The summed E-state index contributed by atoms with van der Waals surface area (Å²) < 4.78 is 1.92. The van der Waals surface area contributed by atoms with Crippen molar-refractivity contribution in [3.8, 4) is 0 Å². The monoisotopic (exact) mass is 268 g/mol. The Morgan fingerprint density at radius 1 is 1.59 bits per heavy atom. The van der Waals surface area contributed by atoms with Gasteiger partial charge in [-0.15, -0.1) is 10.2 Å². The lowest BCUT2D eigenvalue weighted by Gasteiger charge is -2.20. The topological polar surface area (TPSA) is 56.7 Å². The first-order chi connectivity index (χ1) is 8.22. The van der Waals surface area contributed by atoms with E-state index in [2.05, 4.69) is 33.9 Å². The van der Waals surface area contributed by atoms with Gasteiger partial charge in [0.1, 0.15) is 6.33 Å². The van der Waals surface area contributed by atoms with Gasteiger partial charge in [-0.25, -0.2) is 0 Å². The van der Waals surface area contributed by atoms with Crippen molar-refractivity contribution in [1.29, 1.82) is 0 Å². The Balaban J connectivity index is 2.20. The van der Waals surface area contributed by atoms with Gasteiger partial charge in [0, 0.05) is 13.1 Å². The lowest BCUT2D eigenvalue weighted by Crippen LogP contribution is -2.25. The Bertz CT molecular complexity index is 452. The Morgan fingerprint density at radius 2 is 2.41 bits per heavy atom. The van der Waals surface area contributed by atoms with Crippen LogP contribution < -0.4 is 5.73 Å². The van der Waals surface area contributed by atoms with Crippen molar-refractivity contribution in [2.24, 2.45) is 12.8 Å². The van der Waals surface area contributed by atoms with Crippen molar-refractivity contribution < 1.29 is 0 Å². The number of hydrogen-bond donors (Lipinski definition) is 1. The third-order valence-corrected chi connectivity index (χ3v) is 4.79. The van der Waals surface area contributed by atoms with Gasteiger partial charge in [-0.2, -0.15) is 11.3 Å². The van der Waals surface area contributed by atoms with Crippen LogP contribution in [0.1, 0.15) is 24.2 Å². The average Bonchev–Trinajstić information content (AvgIpc) is 2.97. The first kappa shape index (κ1) is 12.6. The molecule has 0 spiro atoms. The molecule has 2 N–H and O–H groups in total. The van der Waals surface area contributed by atoms with Crippen molar-refractivity contribution in [2.75, 3.05) is 0 Å². The maximum atomic E-state index is 6.20. The van der Waals surface area contributed by atoms with E-state index >= 15 is 0 Å². The second-order valence-corrected chi connectivity index (χ2v) is 5.78. The molecule has 0 aliphatic rings. The van der Waals surface area contributed by atoms with Gasteiger partial charge in [0.2, 0.25) is 0 Å². The maximum absolute atomic E-state index is 6.20. The average molecular weight is 268 g/mol. The van der Waals surface area contributed by atoms with E-state index in [0.717, 1.165) is 11.6 Å². The molecule has 2 aromatic heterocycles. The number of aryl methyl sites for hydroxylation is 1. The van der Waals surface area contributed by atoms with E-state index in [9.17, 15) is 0 Å². The summed E-state index contributed by atoms with van der Waals surface area (Å²) in [5, 5.41) is 13.4. The molecule has 6 heteroatoms. The summed E-state index contributed by atoms with van der Waals surface area (Å²) in [6.07, 6.45) is 2.66. The normalized spacial score (nSPS) is 14.8. The molecule has 0 amide bonds. The van der Waals surface area contributed by atoms with Crippen molar-refractivity contribution in [1.82, 2.24) is 14.8 Å². The highest BCUT2D eigenvalue weighted by molar-refractivity contribution is 7.99. The Morgan fingerprint density at radius 3 is 2.94 bits per heavy atom. The van der Waals surface area contributed by atoms with Crippen LogP contribution in [-0.4, -0.2) is 20.8 Å². The molecule has 0 bridgehead atoms. The van der Waals surface area contributed by atoms with Crippen LogP contribution in [0.2, 0.25) is 0 Å². The molecule has 0 saturated heterocycles. The molecule has 0 radical (unpaired) electrons. The van der Waals surface area contributed by atoms with E-state index in [0.29, 0.717) is 0 Å². The van der Waals surface area contributed by atoms with Crippen LogP contribution in [0.15, 0.2) is 28.3 Å². The molecule has 0 aliphatic heterocycles. The molecule has 17 heavy (non-hydrogen) atoms. The predicted molar refractivity (Wildman–Crippen MR) is 72.2 cm³/mol. The van der Waals surface area contributed by atoms with E-state index in [4.69, 9.17) is 5.73 Å². The van der Waals surface area contributed by atoms with Gasteiger partial charge in [0.05, 0.1) is 5.25 Å². The highest BCUT2D eigenvalue weighted by Crippen LogP contribution is 2.37. The first-order valence-corrected chi connectivity index (χ1v) is 7.33. The van der Waals surface area contributed by atoms with Crippen molar-refractivity contribution in [3.63, 3.8) is 0 Å². The van der Waals surface area contributed by atoms with Gasteiger partial charge in [-0.1, -0.05) is 18.7 Å². The maximum Gasteiger partial charge on any atom is 0.191 e. The third kappa shape index (κ3) is 2.88. The Labute approximate surface area is 109 Å². The van der Waals surface area contributed by atoms with Gasteiger partial charge in [-0.05, 0) is 28.8 Å². The molecule has 0 fully saturated rings. The van der Waals surface area contributed by atoms with Gasteiger partial charge in [0.15, 0.2) is 5.16 Å². The minimum Gasteiger partial charge on any atom is -0.326 e. The van der Waals surface area contributed by atoms with E-state index < -0.39 is 0 Å². The molecule has 92 valence electrons. The Hall–Kier alpha value is -0.850. The standard InChI is InChI=1S/C11H16N4S2/c1-3-9(12)10(8-4-5-16-6-8)17-11-14-13-7-15(11)2/h4-7,9-10H,3,12H2,1-2H3. The fourth-order valence-corrected chi connectivity index (χ4v) is 3.51. The predicted octanol–water partition coefficient (Wildman–Crippen LogP) is 2.45. The fourth-order valence-electron chi connectivity index (χ4n) is 1.55. The molecular formula is C11H16N4S2. The second kappa shape index (κ2) is 5.66. The van der Waals surface area contributed by atoms with Crippen LogP contribution in [-0.2, 0) is 7.05 Å². The van der Waals surface area contributed by atoms with Crippen LogP contribution in [0.25, 0.3) is 0 Å². The molecule has 2 rings (SSSR count). The van der Waals surface area contributed by atoms with E-state index in [1.807, 2.05) is 11.6 Å². The van der Waals surface area contributed by atoms with Gasteiger partial charge < -0.3 is 10.3 Å². The molecule has 2 aromatic rings. The minimum atomic E-state index is 0.131. The third-order valence-electron chi connectivity index (χ3n) is 2.63. The summed E-state index contributed by atoms with van der Waals surface area (Å²) in [6, 6.07) is 2.26. The van der Waals surface area contributed by atoms with E-state index in [1.54, 1.807) is 29.4 Å². The largest absolute Gasteiger partial charge is 0.326 e. The number of aromatic nitrogens is 3. The van der Waals surface area contributed by atoms with Crippen LogP contribution in [0.3, 0.4) is 0 Å². The summed E-state index contributed by atoms with van der Waals surface area (Å²) in [5.74, 6) is 0. The summed E-state index contributed by atoms with van der Waals surface area (Å²) in [4.78, 5) is 0. The lowest BCUT2D eigenvalue weighted by atomic mass is 10.1. The Kier molecular flexibility index (Phi) is 4.20. The summed E-state index contributed by atoms with van der Waals surface area (Å²) in [7, 11) is 1.95. The molecule has 0 aliphatic carbocycles. The van der Waals surface area contributed by atoms with Gasteiger partial charge in [0.25, 0.3) is 0 Å². The lowest BCUT2D eigenvalue weighted by molar-refractivity contribution is 0.631. The number of hydrogen-bond acceptors (Lipinski definition) is 5. The smallest absolute Gasteiger partial charge is 0.191 e. The minimum absolute atomic E-state index is 0.131. The molecule has 0 saturated carbocycles. The van der Waals surface area contributed by atoms with Gasteiger partial charge >= 0.3 is 0 Å². The fraction of sp³-hybridized carbons (Fsp3) is 0.455.